The number of halogens is 1. The first-order valence-electron chi connectivity index (χ1n) is 9.76. The van der Waals surface area contributed by atoms with E-state index in [1.54, 1.807) is 7.11 Å². The van der Waals surface area contributed by atoms with Gasteiger partial charge in [-0.25, -0.2) is 0 Å². The number of hydrogen-bond acceptors (Lipinski definition) is 3. The molecule has 1 saturated heterocycles. The fourth-order valence-electron chi connectivity index (χ4n) is 3.36. The first-order valence-corrected chi connectivity index (χ1v) is 9.76. The van der Waals surface area contributed by atoms with Crippen LogP contribution in [0.2, 0.25) is 0 Å². The van der Waals surface area contributed by atoms with Gasteiger partial charge >= 0.3 is 0 Å². The van der Waals surface area contributed by atoms with E-state index in [9.17, 15) is 0 Å². The smallest absolute Gasteiger partial charge is 0.193 e. The molecule has 1 heterocycles. The van der Waals surface area contributed by atoms with Gasteiger partial charge in [0.1, 0.15) is 0 Å². The third-order valence-corrected chi connectivity index (χ3v) is 4.98. The highest BCUT2D eigenvalue weighted by Gasteiger charge is 2.22. The van der Waals surface area contributed by atoms with Crippen molar-refractivity contribution in [1.29, 1.82) is 0 Å². The zero-order valence-electron chi connectivity index (χ0n) is 17.2. The Labute approximate surface area is 181 Å². The van der Waals surface area contributed by atoms with Crippen LogP contribution in [0.15, 0.2) is 29.3 Å². The van der Waals surface area contributed by atoms with E-state index in [4.69, 9.17) is 9.47 Å². The quantitative estimate of drug-likeness (QED) is 0.261. The summed E-state index contributed by atoms with van der Waals surface area (Å²) in [4.78, 5) is 6.83. The van der Waals surface area contributed by atoms with Gasteiger partial charge in [-0.05, 0) is 37.7 Å². The Morgan fingerprint density at radius 1 is 1.30 bits per heavy atom. The largest absolute Gasteiger partial charge is 0.385 e. The molecule has 0 aliphatic carbocycles. The maximum absolute atomic E-state index is 5.95. The summed E-state index contributed by atoms with van der Waals surface area (Å²) >= 11 is 0. The van der Waals surface area contributed by atoms with Gasteiger partial charge in [-0.1, -0.05) is 36.8 Å². The number of methoxy groups -OCH3 is 1. The van der Waals surface area contributed by atoms with Crippen LogP contribution in [0.4, 0.5) is 0 Å². The second-order valence-electron chi connectivity index (χ2n) is 7.15. The van der Waals surface area contributed by atoms with Crippen molar-refractivity contribution >= 4 is 29.9 Å². The van der Waals surface area contributed by atoms with Crippen LogP contribution in [0.25, 0.3) is 0 Å². The highest BCUT2D eigenvalue weighted by Crippen LogP contribution is 2.17. The summed E-state index contributed by atoms with van der Waals surface area (Å²) in [6.45, 7) is 8.84. The molecule has 0 amide bonds. The van der Waals surface area contributed by atoms with Gasteiger partial charge in [0.15, 0.2) is 5.96 Å². The van der Waals surface area contributed by atoms with Crippen molar-refractivity contribution < 1.29 is 9.47 Å². The maximum atomic E-state index is 5.95. The molecule has 5 nitrogen and oxygen atoms in total. The van der Waals surface area contributed by atoms with Crippen molar-refractivity contribution in [2.24, 2.45) is 4.99 Å². The molecular formula is C21H36IN3O2. The standard InChI is InChI=1S/C21H35N3O2.HI/c1-17-7-5-8-19(15-17)18(2)16-23-21(22-3)24-11-9-20(10-12-24)26-14-6-13-25-4;/h5,7-8,15,18,20H,6,9-14,16H2,1-4H3,(H,22,23);1H. The van der Waals surface area contributed by atoms with Gasteiger partial charge in [-0.15, -0.1) is 24.0 Å². The molecule has 0 saturated carbocycles. The van der Waals surface area contributed by atoms with E-state index in [1.165, 1.54) is 11.1 Å². The molecule has 1 aliphatic heterocycles. The minimum absolute atomic E-state index is 0. The van der Waals surface area contributed by atoms with Crippen molar-refractivity contribution in [2.45, 2.75) is 45.1 Å². The molecule has 1 N–H and O–H groups in total. The molecular weight excluding hydrogens is 453 g/mol. The van der Waals surface area contributed by atoms with Gasteiger partial charge < -0.3 is 19.7 Å². The summed E-state index contributed by atoms with van der Waals surface area (Å²) in [5, 5.41) is 3.55. The lowest BCUT2D eigenvalue weighted by molar-refractivity contribution is 0.00990. The van der Waals surface area contributed by atoms with Crippen LogP contribution in [0.5, 0.6) is 0 Å². The zero-order valence-corrected chi connectivity index (χ0v) is 19.6. The third-order valence-electron chi connectivity index (χ3n) is 4.98. The van der Waals surface area contributed by atoms with E-state index in [1.807, 2.05) is 7.05 Å². The number of aryl methyl sites for hydroxylation is 1. The van der Waals surface area contributed by atoms with Gasteiger partial charge in [0.2, 0.25) is 0 Å². The number of nitrogens with one attached hydrogen (secondary N) is 1. The molecule has 1 aromatic carbocycles. The summed E-state index contributed by atoms with van der Waals surface area (Å²) < 4.78 is 11.0. The highest BCUT2D eigenvalue weighted by atomic mass is 127. The fourth-order valence-corrected chi connectivity index (χ4v) is 3.36. The van der Waals surface area contributed by atoms with E-state index in [0.717, 1.165) is 58.1 Å². The van der Waals surface area contributed by atoms with Gasteiger partial charge in [-0.2, -0.15) is 0 Å². The molecule has 0 radical (unpaired) electrons. The summed E-state index contributed by atoms with van der Waals surface area (Å²) in [5.74, 6) is 1.45. The Kier molecular flexibility index (Phi) is 11.9. The van der Waals surface area contributed by atoms with Crippen LogP contribution < -0.4 is 5.32 Å². The Morgan fingerprint density at radius 3 is 2.67 bits per heavy atom. The average molecular weight is 489 g/mol. The van der Waals surface area contributed by atoms with E-state index in [0.29, 0.717) is 12.0 Å². The van der Waals surface area contributed by atoms with Crippen molar-refractivity contribution in [1.82, 2.24) is 10.2 Å². The number of aliphatic imine (C=N–C) groups is 1. The number of likely N-dealkylation sites (tertiary alicyclic amines) is 1. The molecule has 1 unspecified atom stereocenters. The van der Waals surface area contributed by atoms with Gasteiger partial charge in [0.25, 0.3) is 0 Å². The van der Waals surface area contributed by atoms with E-state index in [2.05, 4.69) is 53.3 Å². The molecule has 1 aromatic rings. The molecule has 27 heavy (non-hydrogen) atoms. The SMILES string of the molecule is CN=C(NCC(C)c1cccc(C)c1)N1CCC(OCCCOC)CC1.I. The van der Waals surface area contributed by atoms with E-state index >= 15 is 0 Å². The first-order chi connectivity index (χ1) is 12.6. The summed E-state index contributed by atoms with van der Waals surface area (Å²) in [6.07, 6.45) is 3.45. The van der Waals surface area contributed by atoms with Crippen molar-refractivity contribution in [2.75, 3.05) is 47.0 Å². The van der Waals surface area contributed by atoms with Crippen LogP contribution in [-0.4, -0.2) is 64.0 Å². The second-order valence-corrected chi connectivity index (χ2v) is 7.15. The molecule has 0 bridgehead atoms. The lowest BCUT2D eigenvalue weighted by atomic mass is 9.99. The Morgan fingerprint density at radius 2 is 2.04 bits per heavy atom. The molecule has 0 spiro atoms. The van der Waals surface area contributed by atoms with Crippen LogP contribution >= 0.6 is 24.0 Å². The minimum Gasteiger partial charge on any atom is -0.385 e. The monoisotopic (exact) mass is 489 g/mol. The number of ether oxygens (including phenoxy) is 2. The summed E-state index contributed by atoms with van der Waals surface area (Å²) in [5.41, 5.74) is 2.68. The van der Waals surface area contributed by atoms with E-state index < -0.39 is 0 Å². The highest BCUT2D eigenvalue weighted by molar-refractivity contribution is 14.0. The Bertz CT molecular complexity index is 560. The predicted molar refractivity (Wildman–Crippen MR) is 123 cm³/mol. The first kappa shape index (κ1) is 24.2. The second kappa shape index (κ2) is 13.3. The summed E-state index contributed by atoms with van der Waals surface area (Å²) in [7, 11) is 3.60. The number of benzene rings is 1. The number of piperidine rings is 1. The van der Waals surface area contributed by atoms with Gasteiger partial charge in [0, 0.05) is 47.0 Å². The molecule has 2 rings (SSSR count). The van der Waals surface area contributed by atoms with Crippen LogP contribution in [-0.2, 0) is 9.47 Å². The van der Waals surface area contributed by atoms with Crippen LogP contribution in [0.3, 0.4) is 0 Å². The number of nitrogens with zero attached hydrogens (tertiary/aromatic N) is 2. The van der Waals surface area contributed by atoms with Crippen LogP contribution in [0.1, 0.15) is 43.2 Å². The molecule has 1 aliphatic rings. The fraction of sp³-hybridized carbons (Fsp3) is 0.667. The van der Waals surface area contributed by atoms with Crippen molar-refractivity contribution in [3.05, 3.63) is 35.4 Å². The van der Waals surface area contributed by atoms with E-state index in [-0.39, 0.29) is 24.0 Å². The van der Waals surface area contributed by atoms with Crippen molar-refractivity contribution in [3.63, 3.8) is 0 Å². The average Bonchev–Trinajstić information content (AvgIpc) is 2.66. The van der Waals surface area contributed by atoms with Gasteiger partial charge in [0.05, 0.1) is 6.10 Å². The number of guanidine groups is 1. The number of rotatable bonds is 8. The topological polar surface area (TPSA) is 46.1 Å². The maximum Gasteiger partial charge on any atom is 0.193 e. The Balaban J connectivity index is 0.00000364. The third kappa shape index (κ3) is 8.35. The summed E-state index contributed by atoms with van der Waals surface area (Å²) in [6, 6.07) is 8.74. The molecule has 1 fully saturated rings. The Hall–Kier alpha value is -0.860. The normalized spacial score (nSPS) is 16.7. The van der Waals surface area contributed by atoms with Crippen molar-refractivity contribution in [3.8, 4) is 0 Å². The predicted octanol–water partition coefficient (Wildman–Crippen LogP) is 3.81. The molecule has 154 valence electrons. The lowest BCUT2D eigenvalue weighted by Gasteiger charge is -2.34. The zero-order chi connectivity index (χ0) is 18.8. The van der Waals surface area contributed by atoms with Crippen LogP contribution in [0, 0.1) is 6.92 Å². The lowest BCUT2D eigenvalue weighted by Crippen LogP contribution is -2.47. The molecule has 1 atom stereocenters. The minimum atomic E-state index is 0. The molecule has 0 aromatic heterocycles. The number of hydrogen-bond donors (Lipinski definition) is 1. The van der Waals surface area contributed by atoms with Gasteiger partial charge in [-0.3, -0.25) is 4.99 Å². The molecule has 6 heteroatoms.